The number of benzene rings is 3. The van der Waals surface area contributed by atoms with E-state index in [0.29, 0.717) is 16.0 Å². The first-order chi connectivity index (χ1) is 33.0. The van der Waals surface area contributed by atoms with Crippen molar-refractivity contribution in [2.24, 2.45) is 11.8 Å². The maximum Gasteiger partial charge on any atom is 0.324 e. The second-order valence-electron chi connectivity index (χ2n) is 17.9. The van der Waals surface area contributed by atoms with E-state index in [4.69, 9.17) is 34.8 Å². The molecule has 68 heavy (non-hydrogen) atoms. The minimum absolute atomic E-state index is 0.126. The molecule has 2 unspecified atom stereocenters. The quantitative estimate of drug-likeness (QED) is 0.0889. The minimum atomic E-state index is -0.405. The summed E-state index contributed by atoms with van der Waals surface area (Å²) in [6.07, 6.45) is 11.1. The van der Waals surface area contributed by atoms with Crippen molar-refractivity contribution in [2.75, 3.05) is 61.0 Å². The Kier molecular flexibility index (Phi) is 13.1. The topological polar surface area (TPSA) is 216 Å². The highest BCUT2D eigenvalue weighted by molar-refractivity contribution is 7.07. The predicted octanol–water partition coefficient (Wildman–Crippen LogP) is 7.68. The number of piperidine rings is 3. The van der Waals surface area contributed by atoms with Gasteiger partial charge < -0.3 is 25.3 Å². The lowest BCUT2D eigenvalue weighted by molar-refractivity contribution is -0.127. The molecule has 7 aromatic rings. The molecule has 5 aliphatic heterocycles. The summed E-state index contributed by atoms with van der Waals surface area (Å²) in [4.78, 5) is 59.4. The number of hydrogen-bond donors (Lipinski definition) is 6. The van der Waals surface area contributed by atoms with E-state index in [2.05, 4.69) is 71.6 Å². The van der Waals surface area contributed by atoms with E-state index in [-0.39, 0.29) is 29.7 Å². The first-order valence-corrected chi connectivity index (χ1v) is 24.7. The Morgan fingerprint density at radius 1 is 0.588 bits per heavy atom. The van der Waals surface area contributed by atoms with Gasteiger partial charge in [-0.3, -0.25) is 35.1 Å². The van der Waals surface area contributed by atoms with Crippen LogP contribution in [-0.4, -0.2) is 123 Å². The maximum absolute atomic E-state index is 12.2. The van der Waals surface area contributed by atoms with Gasteiger partial charge in [-0.25, -0.2) is 14.6 Å². The number of urea groups is 2. The fourth-order valence-electron chi connectivity index (χ4n) is 10.3. The number of fused-ring (bicyclic) bond motifs is 3. The molecule has 5 fully saturated rings. The molecule has 22 heteroatoms. The smallest absolute Gasteiger partial charge is 0.324 e. The van der Waals surface area contributed by atoms with Gasteiger partial charge in [-0.1, -0.05) is 34.8 Å². The molecule has 12 rings (SSSR count). The summed E-state index contributed by atoms with van der Waals surface area (Å²) < 4.78 is 0. The van der Waals surface area contributed by atoms with Gasteiger partial charge in [-0.2, -0.15) is 15.3 Å². The molecular formula is C46H49Cl3N14O4S. The molecule has 0 saturated carbocycles. The Morgan fingerprint density at radius 2 is 1.03 bits per heavy atom. The highest BCUT2D eigenvalue weighted by atomic mass is 35.5. The van der Waals surface area contributed by atoms with Crippen molar-refractivity contribution in [1.29, 1.82) is 0 Å². The highest BCUT2D eigenvalue weighted by Gasteiger charge is 2.42. The van der Waals surface area contributed by atoms with Crippen LogP contribution < -0.4 is 30.7 Å². The Morgan fingerprint density at radius 3 is 1.41 bits per heavy atom. The number of imide groups is 2. The lowest BCUT2D eigenvalue weighted by atomic mass is 9.89. The van der Waals surface area contributed by atoms with E-state index < -0.39 is 18.1 Å². The van der Waals surface area contributed by atoms with E-state index in [1.807, 2.05) is 54.3 Å². The Bertz CT molecular complexity index is 2970. The van der Waals surface area contributed by atoms with Crippen LogP contribution >= 0.6 is 46.1 Å². The largest absolute Gasteiger partial charge is 0.371 e. The molecule has 354 valence electrons. The van der Waals surface area contributed by atoms with Crippen LogP contribution in [0.3, 0.4) is 0 Å². The van der Waals surface area contributed by atoms with Crippen molar-refractivity contribution in [1.82, 2.24) is 56.4 Å². The molecular weight excluding hydrogens is 951 g/mol. The minimum Gasteiger partial charge on any atom is -0.371 e. The molecule has 2 atom stereocenters. The second kappa shape index (κ2) is 19.5. The molecule has 18 nitrogen and oxygen atoms in total. The number of anilines is 3. The van der Waals surface area contributed by atoms with Gasteiger partial charge in [-0.15, -0.1) is 11.3 Å². The third kappa shape index (κ3) is 9.36. The summed E-state index contributed by atoms with van der Waals surface area (Å²) in [6.45, 7) is 5.31. The predicted molar refractivity (Wildman–Crippen MR) is 265 cm³/mol. The third-order valence-electron chi connectivity index (χ3n) is 13.9. The Hall–Kier alpha value is -6.15. The number of hydrogen-bond acceptors (Lipinski definition) is 12. The number of likely N-dealkylation sites (N-methyl/N-ethyl adjacent to an activating group) is 1. The number of H-pyrrole nitrogens is 3. The number of thiazole rings is 1. The number of carbonyl (C=O) groups is 4. The summed E-state index contributed by atoms with van der Waals surface area (Å²) in [5.74, 6) is 0.580. The normalized spacial score (nSPS) is 20.7. The van der Waals surface area contributed by atoms with Crippen LogP contribution in [0.15, 0.2) is 65.9 Å². The summed E-state index contributed by atoms with van der Waals surface area (Å²) in [6, 6.07) is 10.1. The van der Waals surface area contributed by atoms with Crippen LogP contribution in [0.4, 0.5) is 26.7 Å². The van der Waals surface area contributed by atoms with Gasteiger partial charge in [0.15, 0.2) is 0 Å². The van der Waals surface area contributed by atoms with E-state index in [9.17, 15) is 19.2 Å². The van der Waals surface area contributed by atoms with E-state index in [1.165, 1.54) is 23.3 Å². The number of halogens is 3. The summed E-state index contributed by atoms with van der Waals surface area (Å²) in [5, 5.41) is 36.5. The van der Waals surface area contributed by atoms with Gasteiger partial charge in [0.05, 0.1) is 46.3 Å². The van der Waals surface area contributed by atoms with Gasteiger partial charge in [0.1, 0.15) is 12.1 Å². The van der Waals surface area contributed by atoms with Gasteiger partial charge in [0, 0.05) is 106 Å². The van der Waals surface area contributed by atoms with Crippen LogP contribution in [0, 0.1) is 11.8 Å². The summed E-state index contributed by atoms with van der Waals surface area (Å²) in [7, 11) is 1.52. The van der Waals surface area contributed by atoms with Crippen molar-refractivity contribution >= 4 is 120 Å². The van der Waals surface area contributed by atoms with Crippen molar-refractivity contribution in [3.63, 3.8) is 0 Å². The Labute approximate surface area is 409 Å². The zero-order chi connectivity index (χ0) is 47.1. The lowest BCUT2D eigenvalue weighted by Gasteiger charge is -2.35. The molecule has 5 saturated heterocycles. The molecule has 0 aliphatic carbocycles. The third-order valence-corrected chi connectivity index (χ3v) is 15.2. The number of carbonyl (C=O) groups excluding carboxylic acids is 4. The van der Waals surface area contributed by atoms with Crippen molar-refractivity contribution in [3.05, 3.63) is 86.6 Å². The number of nitrogens with one attached hydrogen (secondary N) is 6. The number of aromatic amines is 3. The summed E-state index contributed by atoms with van der Waals surface area (Å²) in [5.41, 5.74) is 9.30. The van der Waals surface area contributed by atoms with E-state index in [1.54, 1.807) is 17.5 Å². The van der Waals surface area contributed by atoms with Gasteiger partial charge in [0.25, 0.3) is 11.8 Å². The molecule has 3 aromatic carbocycles. The summed E-state index contributed by atoms with van der Waals surface area (Å²) >= 11 is 20.3. The highest BCUT2D eigenvalue weighted by Crippen LogP contribution is 2.37. The molecule has 5 aliphatic rings. The van der Waals surface area contributed by atoms with Gasteiger partial charge in [-0.05, 0) is 86.8 Å². The average Bonchev–Trinajstić information content (AvgIpc) is 4.23. The second-order valence-corrected chi connectivity index (χ2v) is 19.9. The monoisotopic (exact) mass is 998 g/mol. The fourth-order valence-corrected chi connectivity index (χ4v) is 11.5. The van der Waals surface area contributed by atoms with Crippen LogP contribution in [0.1, 0.15) is 50.1 Å². The van der Waals surface area contributed by atoms with Crippen molar-refractivity contribution in [3.8, 4) is 0 Å². The molecule has 0 bridgehead atoms. The first kappa shape index (κ1) is 45.6. The van der Waals surface area contributed by atoms with Gasteiger partial charge >= 0.3 is 12.1 Å². The molecule has 0 radical (unpaired) electrons. The number of amides is 6. The maximum atomic E-state index is 12.2. The number of rotatable bonds is 6. The number of aromatic nitrogens is 7. The van der Waals surface area contributed by atoms with Crippen LogP contribution in [-0.2, 0) is 9.59 Å². The standard InChI is InChI=1S/C16H18ClN5O2.C15H16ClN5O2.C15H15ClN4S/c1-21-15(23)14(19-16(21)24)9-2-4-22(5-3-9)13-7-10(17)6-12-11(13)8-18-20-12;16-9-5-11-10(7-17-20-11)12(6-9)21-3-1-8(2-4-21)13-14(22)19-15(23)18-13;16-11-5-13-12(7-18-19-13)15(6-11)20-3-1-10(2-4-20)14-8-21-9-17-14/h6-9,14H,2-5H2,1H3,(H,18,20)(H,19,24);5-8,13H,1-4H2,(H,17,20)(H2,18,19,22,23);5-10H,1-4H2,(H,18,19). The molecule has 6 amide bonds. The van der Waals surface area contributed by atoms with Gasteiger partial charge in [0.2, 0.25) is 0 Å². The lowest BCUT2D eigenvalue weighted by Crippen LogP contribution is -2.44. The van der Waals surface area contributed by atoms with E-state index >= 15 is 0 Å². The first-order valence-electron chi connectivity index (χ1n) is 22.7. The van der Waals surface area contributed by atoms with Crippen LogP contribution in [0.5, 0.6) is 0 Å². The van der Waals surface area contributed by atoms with Crippen molar-refractivity contribution in [2.45, 2.75) is 56.5 Å². The Balaban J connectivity index is 0.000000119. The molecule has 9 heterocycles. The SMILES string of the molecule is CN1C(=O)NC(C2CCN(c3cc(Cl)cc4[nH]ncc34)CC2)C1=O.Clc1cc(N2CCC(c3cscn3)CC2)c2cn[nH]c2c1.O=C1NC(=O)C(C2CCN(c3cc(Cl)cc4[nH]ncc34)CC2)N1. The molecule has 4 aromatic heterocycles. The van der Waals surface area contributed by atoms with Crippen molar-refractivity contribution < 1.29 is 19.2 Å². The average molecular weight is 1000 g/mol. The molecule has 0 spiro atoms. The molecule has 6 N–H and O–H groups in total. The van der Waals surface area contributed by atoms with Crippen LogP contribution in [0.2, 0.25) is 15.1 Å². The zero-order valence-electron chi connectivity index (χ0n) is 37.0. The fraction of sp³-hybridized carbons (Fsp3) is 0.391. The van der Waals surface area contributed by atoms with E-state index in [0.717, 1.165) is 127 Å². The zero-order valence-corrected chi connectivity index (χ0v) is 40.1. The van der Waals surface area contributed by atoms with Crippen LogP contribution in [0.25, 0.3) is 32.7 Å². The number of nitrogens with zero attached hydrogens (tertiary/aromatic N) is 8.